The summed E-state index contributed by atoms with van der Waals surface area (Å²) in [4.78, 5) is 4.11. The van der Waals surface area contributed by atoms with Gasteiger partial charge < -0.3 is 10.6 Å². The van der Waals surface area contributed by atoms with E-state index in [2.05, 4.69) is 22.5 Å². The molecular weight excluding hydrogens is 252 g/mol. The zero-order chi connectivity index (χ0) is 13.2. The minimum Gasteiger partial charge on any atom is -0.366 e. The number of pyridine rings is 1. The summed E-state index contributed by atoms with van der Waals surface area (Å²) in [5.74, 6) is 0.669. The Balaban J connectivity index is 2.06. The Bertz CT molecular complexity index is 500. The number of nitrogens with zero attached hydrogens (tertiary/aromatic N) is 1. The van der Waals surface area contributed by atoms with Crippen LogP contribution in [-0.2, 0) is 10.0 Å². The van der Waals surface area contributed by atoms with Crippen molar-refractivity contribution in [2.75, 3.05) is 11.9 Å². The summed E-state index contributed by atoms with van der Waals surface area (Å²) in [6.45, 7) is 3.16. The van der Waals surface area contributed by atoms with Crippen molar-refractivity contribution in [2.24, 2.45) is 5.14 Å². The van der Waals surface area contributed by atoms with Gasteiger partial charge in [-0.25, -0.2) is 18.5 Å². The van der Waals surface area contributed by atoms with Gasteiger partial charge in [0.05, 0.1) is 0 Å². The van der Waals surface area contributed by atoms with Crippen molar-refractivity contribution in [1.82, 2.24) is 10.3 Å². The molecule has 2 atom stereocenters. The van der Waals surface area contributed by atoms with Gasteiger partial charge in [-0.05, 0) is 38.4 Å². The van der Waals surface area contributed by atoms with Crippen molar-refractivity contribution in [3.05, 3.63) is 18.3 Å². The van der Waals surface area contributed by atoms with Gasteiger partial charge in [-0.3, -0.25) is 0 Å². The van der Waals surface area contributed by atoms with Crippen molar-refractivity contribution in [3.63, 3.8) is 0 Å². The number of hydrogen-bond acceptors (Lipinski definition) is 5. The van der Waals surface area contributed by atoms with Crippen molar-refractivity contribution >= 4 is 15.8 Å². The molecule has 1 aliphatic heterocycles. The molecule has 100 valence electrons. The molecule has 1 fully saturated rings. The van der Waals surface area contributed by atoms with Gasteiger partial charge in [0.25, 0.3) is 0 Å². The smallest absolute Gasteiger partial charge is 0.239 e. The van der Waals surface area contributed by atoms with Crippen LogP contribution in [0, 0.1) is 0 Å². The van der Waals surface area contributed by atoms with Gasteiger partial charge in [-0.1, -0.05) is 0 Å². The third-order valence-electron chi connectivity index (χ3n) is 3.16. The molecular formula is C11H18N4O2S. The minimum atomic E-state index is -3.67. The van der Waals surface area contributed by atoms with E-state index in [1.807, 2.05) is 0 Å². The van der Waals surface area contributed by atoms with E-state index in [0.717, 1.165) is 19.4 Å². The summed E-state index contributed by atoms with van der Waals surface area (Å²) >= 11 is 0. The number of rotatable bonds is 3. The summed E-state index contributed by atoms with van der Waals surface area (Å²) in [5.41, 5.74) is 0. The third-order valence-corrected chi connectivity index (χ3v) is 4.06. The highest BCUT2D eigenvalue weighted by molar-refractivity contribution is 7.89. The molecule has 2 heterocycles. The number of hydrogen-bond donors (Lipinski definition) is 3. The number of nitrogens with two attached hydrogens (primary N) is 1. The predicted octanol–water partition coefficient (Wildman–Crippen LogP) is 0.281. The lowest BCUT2D eigenvalue weighted by Crippen LogP contribution is -2.46. The van der Waals surface area contributed by atoms with Gasteiger partial charge in [-0.2, -0.15) is 0 Å². The molecule has 0 aromatic carbocycles. The molecule has 1 aliphatic rings. The summed E-state index contributed by atoms with van der Waals surface area (Å²) in [6.07, 6.45) is 3.47. The molecule has 1 saturated heterocycles. The lowest BCUT2D eigenvalue weighted by atomic mass is 10.00. The molecule has 0 aliphatic carbocycles. The van der Waals surface area contributed by atoms with Crippen LogP contribution in [0.15, 0.2) is 23.2 Å². The van der Waals surface area contributed by atoms with Crippen LogP contribution in [0.3, 0.4) is 0 Å². The van der Waals surface area contributed by atoms with Crippen LogP contribution < -0.4 is 15.8 Å². The first kappa shape index (κ1) is 13.3. The Hall–Kier alpha value is -1.18. The first-order chi connectivity index (χ1) is 8.47. The predicted molar refractivity (Wildman–Crippen MR) is 69.7 cm³/mol. The van der Waals surface area contributed by atoms with Crippen LogP contribution in [0.2, 0.25) is 0 Å². The van der Waals surface area contributed by atoms with Crippen molar-refractivity contribution in [1.29, 1.82) is 0 Å². The number of aromatic nitrogens is 1. The fraction of sp³-hybridized carbons (Fsp3) is 0.545. The van der Waals surface area contributed by atoms with Gasteiger partial charge in [0.15, 0.2) is 0 Å². The first-order valence-electron chi connectivity index (χ1n) is 5.95. The molecule has 18 heavy (non-hydrogen) atoms. The molecule has 2 unspecified atom stereocenters. The molecule has 0 amide bonds. The van der Waals surface area contributed by atoms with Gasteiger partial charge in [-0.15, -0.1) is 0 Å². The molecule has 4 N–H and O–H groups in total. The molecule has 0 radical (unpaired) electrons. The second kappa shape index (κ2) is 5.21. The zero-order valence-electron chi connectivity index (χ0n) is 10.3. The Kier molecular flexibility index (Phi) is 3.84. The Morgan fingerprint density at radius 2 is 2.28 bits per heavy atom. The highest BCUT2D eigenvalue weighted by Crippen LogP contribution is 2.15. The van der Waals surface area contributed by atoms with E-state index >= 15 is 0 Å². The fourth-order valence-corrected chi connectivity index (χ4v) is 2.52. The molecule has 0 saturated carbocycles. The first-order valence-corrected chi connectivity index (χ1v) is 7.50. The Morgan fingerprint density at radius 3 is 2.83 bits per heavy atom. The Labute approximate surface area is 107 Å². The van der Waals surface area contributed by atoms with E-state index in [-0.39, 0.29) is 4.90 Å². The lowest BCUT2D eigenvalue weighted by Gasteiger charge is -2.31. The maximum Gasteiger partial charge on any atom is 0.239 e. The lowest BCUT2D eigenvalue weighted by molar-refractivity contribution is 0.389. The topological polar surface area (TPSA) is 97.1 Å². The van der Waals surface area contributed by atoms with E-state index in [1.54, 1.807) is 6.07 Å². The van der Waals surface area contributed by atoms with Crippen LogP contribution >= 0.6 is 0 Å². The quantitative estimate of drug-likeness (QED) is 0.733. The SMILES string of the molecule is CC1NCCCC1Nc1ccc(S(N)(=O)=O)cn1. The van der Waals surface area contributed by atoms with E-state index in [0.29, 0.717) is 17.9 Å². The highest BCUT2D eigenvalue weighted by Gasteiger charge is 2.20. The molecule has 1 aromatic rings. The number of anilines is 1. The summed E-state index contributed by atoms with van der Waals surface area (Å²) < 4.78 is 22.2. The Morgan fingerprint density at radius 1 is 1.50 bits per heavy atom. The molecule has 0 spiro atoms. The van der Waals surface area contributed by atoms with Crippen LogP contribution in [0.1, 0.15) is 19.8 Å². The maximum absolute atomic E-state index is 11.1. The minimum absolute atomic E-state index is 0.0304. The second-order valence-electron chi connectivity index (χ2n) is 4.56. The molecule has 6 nitrogen and oxygen atoms in total. The largest absolute Gasteiger partial charge is 0.366 e. The van der Waals surface area contributed by atoms with Crippen LogP contribution in [-0.4, -0.2) is 32.0 Å². The van der Waals surface area contributed by atoms with Crippen molar-refractivity contribution < 1.29 is 8.42 Å². The van der Waals surface area contributed by atoms with E-state index in [4.69, 9.17) is 5.14 Å². The molecule has 1 aromatic heterocycles. The number of nitrogens with one attached hydrogen (secondary N) is 2. The van der Waals surface area contributed by atoms with E-state index < -0.39 is 10.0 Å². The maximum atomic E-state index is 11.1. The standard InChI is InChI=1S/C11H18N4O2S/c1-8-10(3-2-6-13-8)15-11-5-4-9(7-14-11)18(12,16)17/h4-5,7-8,10,13H,2-3,6H2,1H3,(H,14,15)(H2,12,16,17). The van der Waals surface area contributed by atoms with Crippen molar-refractivity contribution in [3.8, 4) is 0 Å². The van der Waals surface area contributed by atoms with Crippen LogP contribution in [0.5, 0.6) is 0 Å². The average Bonchev–Trinajstić information content (AvgIpc) is 2.32. The van der Waals surface area contributed by atoms with E-state index in [9.17, 15) is 8.42 Å². The number of primary sulfonamides is 1. The number of sulfonamides is 1. The van der Waals surface area contributed by atoms with Crippen LogP contribution in [0.4, 0.5) is 5.82 Å². The second-order valence-corrected chi connectivity index (χ2v) is 6.12. The summed E-state index contributed by atoms with van der Waals surface area (Å²) in [7, 11) is -3.67. The van der Waals surface area contributed by atoms with Gasteiger partial charge in [0.1, 0.15) is 10.7 Å². The molecule has 2 rings (SSSR count). The molecule has 7 heteroatoms. The third kappa shape index (κ3) is 3.18. The molecule has 0 bridgehead atoms. The zero-order valence-corrected chi connectivity index (χ0v) is 11.1. The fourth-order valence-electron chi connectivity index (χ4n) is 2.07. The number of piperidine rings is 1. The van der Waals surface area contributed by atoms with Crippen LogP contribution in [0.25, 0.3) is 0 Å². The average molecular weight is 270 g/mol. The monoisotopic (exact) mass is 270 g/mol. The van der Waals surface area contributed by atoms with Gasteiger partial charge in [0.2, 0.25) is 10.0 Å². The van der Waals surface area contributed by atoms with Gasteiger partial charge in [0, 0.05) is 18.3 Å². The normalized spacial score (nSPS) is 24.8. The van der Waals surface area contributed by atoms with Gasteiger partial charge >= 0.3 is 0 Å². The summed E-state index contributed by atoms with van der Waals surface area (Å²) in [6, 6.07) is 3.79. The van der Waals surface area contributed by atoms with Crippen molar-refractivity contribution in [2.45, 2.75) is 36.7 Å². The van der Waals surface area contributed by atoms with E-state index in [1.165, 1.54) is 12.3 Å². The highest BCUT2D eigenvalue weighted by atomic mass is 32.2. The summed E-state index contributed by atoms with van der Waals surface area (Å²) in [5, 5.41) is 11.7.